The molecule has 0 saturated carbocycles. The van der Waals surface area contributed by atoms with Crippen molar-refractivity contribution in [3.8, 4) is 17.5 Å². The Morgan fingerprint density at radius 3 is 2.24 bits per heavy atom. The average molecular weight is 332 g/mol. The molecule has 4 heterocycles. The molecule has 0 spiro atoms. The van der Waals surface area contributed by atoms with Crippen LogP contribution in [0.15, 0.2) is 53.3 Å². The Hall–Kier alpha value is -3.40. The molecule has 1 saturated heterocycles. The predicted molar refractivity (Wildman–Crippen MR) is 93.1 cm³/mol. The molecule has 0 amide bonds. The van der Waals surface area contributed by atoms with Crippen LogP contribution < -0.4 is 9.80 Å². The molecule has 0 aromatic carbocycles. The average Bonchev–Trinajstić information content (AvgIpc) is 3.23. The Balaban J connectivity index is 1.40. The van der Waals surface area contributed by atoms with E-state index in [-0.39, 0.29) is 0 Å². The van der Waals surface area contributed by atoms with Crippen molar-refractivity contribution in [1.82, 2.24) is 15.2 Å². The molecule has 3 aromatic heterocycles. The van der Waals surface area contributed by atoms with E-state index >= 15 is 0 Å². The van der Waals surface area contributed by atoms with Crippen LogP contribution in [0.4, 0.5) is 11.6 Å². The van der Waals surface area contributed by atoms with Crippen molar-refractivity contribution in [3.05, 3.63) is 54.4 Å². The number of pyridine rings is 1. The zero-order chi connectivity index (χ0) is 17.1. The van der Waals surface area contributed by atoms with Gasteiger partial charge in [-0.05, 0) is 36.4 Å². The third kappa shape index (κ3) is 3.15. The molecule has 7 nitrogen and oxygen atoms in total. The predicted octanol–water partition coefficient (Wildman–Crippen LogP) is 2.33. The number of rotatable bonds is 3. The van der Waals surface area contributed by atoms with Gasteiger partial charge in [0.2, 0.25) is 0 Å². The van der Waals surface area contributed by atoms with Gasteiger partial charge in [-0.3, -0.25) is 0 Å². The van der Waals surface area contributed by atoms with Crippen LogP contribution in [0.3, 0.4) is 0 Å². The summed E-state index contributed by atoms with van der Waals surface area (Å²) in [6.07, 6.45) is 3.24. The van der Waals surface area contributed by atoms with E-state index in [1.165, 1.54) is 0 Å². The highest BCUT2D eigenvalue weighted by Crippen LogP contribution is 2.20. The van der Waals surface area contributed by atoms with Gasteiger partial charge < -0.3 is 14.2 Å². The van der Waals surface area contributed by atoms with Crippen LogP contribution in [0, 0.1) is 11.3 Å². The van der Waals surface area contributed by atoms with Gasteiger partial charge in [-0.2, -0.15) is 5.26 Å². The highest BCUT2D eigenvalue weighted by molar-refractivity contribution is 5.54. The number of aromatic nitrogens is 3. The first-order valence-corrected chi connectivity index (χ1v) is 8.07. The SMILES string of the molecule is N#Cc1ccc(N2CCN(c3ccc(-c4ccco4)nn3)CC2)nc1. The standard InChI is InChI=1S/C18H16N6O/c19-12-14-3-5-17(20-13-14)23-7-9-24(10-8-23)18-6-4-15(21-22-18)16-2-1-11-25-16/h1-6,11,13H,7-10H2. The normalized spacial score (nSPS) is 14.4. The molecule has 1 aliphatic rings. The largest absolute Gasteiger partial charge is 0.463 e. The van der Waals surface area contributed by atoms with Gasteiger partial charge in [-0.15, -0.1) is 10.2 Å². The van der Waals surface area contributed by atoms with Crippen LogP contribution in [-0.4, -0.2) is 41.4 Å². The summed E-state index contributed by atoms with van der Waals surface area (Å²) >= 11 is 0. The quantitative estimate of drug-likeness (QED) is 0.728. The Kier molecular flexibility index (Phi) is 4.01. The fourth-order valence-electron chi connectivity index (χ4n) is 2.85. The summed E-state index contributed by atoms with van der Waals surface area (Å²) in [7, 11) is 0. The van der Waals surface area contributed by atoms with E-state index in [1.54, 1.807) is 18.5 Å². The summed E-state index contributed by atoms with van der Waals surface area (Å²) in [5.74, 6) is 2.48. The second kappa shape index (κ2) is 6.61. The summed E-state index contributed by atoms with van der Waals surface area (Å²) in [5.41, 5.74) is 1.31. The van der Waals surface area contributed by atoms with Crippen LogP contribution in [0.1, 0.15) is 5.56 Å². The summed E-state index contributed by atoms with van der Waals surface area (Å²) in [4.78, 5) is 8.78. The summed E-state index contributed by atoms with van der Waals surface area (Å²) in [5, 5.41) is 17.4. The fraction of sp³-hybridized carbons (Fsp3) is 0.222. The first kappa shape index (κ1) is 15.1. The van der Waals surface area contributed by atoms with Crippen LogP contribution >= 0.6 is 0 Å². The molecule has 25 heavy (non-hydrogen) atoms. The van der Waals surface area contributed by atoms with Crippen molar-refractivity contribution in [2.45, 2.75) is 0 Å². The summed E-state index contributed by atoms with van der Waals surface area (Å²) in [6, 6.07) is 13.4. The first-order valence-electron chi connectivity index (χ1n) is 8.07. The zero-order valence-corrected chi connectivity index (χ0v) is 13.5. The molecule has 4 rings (SSSR count). The van der Waals surface area contributed by atoms with Crippen LogP contribution in [0.2, 0.25) is 0 Å². The lowest BCUT2D eigenvalue weighted by Crippen LogP contribution is -2.47. The van der Waals surface area contributed by atoms with E-state index < -0.39 is 0 Å². The molecule has 0 atom stereocenters. The van der Waals surface area contributed by atoms with Gasteiger partial charge in [0, 0.05) is 32.4 Å². The number of nitrogens with zero attached hydrogens (tertiary/aromatic N) is 6. The molecule has 0 unspecified atom stereocenters. The molecule has 0 bridgehead atoms. The highest BCUT2D eigenvalue weighted by atomic mass is 16.3. The Labute approximate surface area is 145 Å². The number of hydrogen-bond donors (Lipinski definition) is 0. The number of anilines is 2. The number of hydrogen-bond acceptors (Lipinski definition) is 7. The fourth-order valence-corrected chi connectivity index (χ4v) is 2.85. The van der Waals surface area contributed by atoms with E-state index in [9.17, 15) is 0 Å². The number of furan rings is 1. The Bertz CT molecular complexity index is 859. The lowest BCUT2D eigenvalue weighted by atomic mass is 10.2. The van der Waals surface area contributed by atoms with Crippen molar-refractivity contribution in [2.24, 2.45) is 0 Å². The monoisotopic (exact) mass is 332 g/mol. The minimum absolute atomic E-state index is 0.578. The van der Waals surface area contributed by atoms with E-state index in [2.05, 4.69) is 31.1 Å². The minimum atomic E-state index is 0.578. The van der Waals surface area contributed by atoms with Crippen molar-refractivity contribution < 1.29 is 4.42 Å². The maximum Gasteiger partial charge on any atom is 0.154 e. The highest BCUT2D eigenvalue weighted by Gasteiger charge is 2.19. The number of nitriles is 1. The lowest BCUT2D eigenvalue weighted by molar-refractivity contribution is 0.578. The lowest BCUT2D eigenvalue weighted by Gasteiger charge is -2.35. The van der Waals surface area contributed by atoms with Crippen molar-refractivity contribution >= 4 is 11.6 Å². The second-order valence-corrected chi connectivity index (χ2v) is 5.75. The smallest absolute Gasteiger partial charge is 0.154 e. The van der Waals surface area contributed by atoms with Crippen LogP contribution in [-0.2, 0) is 0 Å². The minimum Gasteiger partial charge on any atom is -0.463 e. The molecule has 3 aromatic rings. The molecule has 0 N–H and O–H groups in total. The Morgan fingerprint density at radius 2 is 1.68 bits per heavy atom. The van der Waals surface area contributed by atoms with E-state index in [4.69, 9.17) is 9.68 Å². The van der Waals surface area contributed by atoms with Crippen molar-refractivity contribution in [2.75, 3.05) is 36.0 Å². The van der Waals surface area contributed by atoms with Gasteiger partial charge in [0.1, 0.15) is 17.6 Å². The first-order chi connectivity index (χ1) is 12.3. The van der Waals surface area contributed by atoms with Gasteiger partial charge in [-0.1, -0.05) is 0 Å². The molecule has 0 radical (unpaired) electrons. The molecule has 1 fully saturated rings. The molecule has 7 heteroatoms. The van der Waals surface area contributed by atoms with Gasteiger partial charge in [0.05, 0.1) is 11.8 Å². The van der Waals surface area contributed by atoms with Gasteiger partial charge in [0.25, 0.3) is 0 Å². The van der Waals surface area contributed by atoms with Crippen LogP contribution in [0.25, 0.3) is 11.5 Å². The van der Waals surface area contributed by atoms with Crippen molar-refractivity contribution in [3.63, 3.8) is 0 Å². The molecule has 0 aliphatic carbocycles. The van der Waals surface area contributed by atoms with Gasteiger partial charge in [0.15, 0.2) is 11.6 Å². The number of piperazine rings is 1. The molecule has 124 valence electrons. The van der Waals surface area contributed by atoms with Gasteiger partial charge >= 0.3 is 0 Å². The topological polar surface area (TPSA) is 82.1 Å². The summed E-state index contributed by atoms with van der Waals surface area (Å²) in [6.45, 7) is 3.38. The molecule has 1 aliphatic heterocycles. The third-order valence-corrected chi connectivity index (χ3v) is 4.23. The molecular formula is C18H16N6O. The third-order valence-electron chi connectivity index (χ3n) is 4.23. The van der Waals surface area contributed by atoms with Crippen molar-refractivity contribution in [1.29, 1.82) is 5.26 Å². The second-order valence-electron chi connectivity index (χ2n) is 5.75. The summed E-state index contributed by atoms with van der Waals surface area (Å²) < 4.78 is 5.33. The van der Waals surface area contributed by atoms with Crippen LogP contribution in [0.5, 0.6) is 0 Å². The maximum atomic E-state index is 8.85. The van der Waals surface area contributed by atoms with Gasteiger partial charge in [-0.25, -0.2) is 4.98 Å². The van der Waals surface area contributed by atoms with E-state index in [1.807, 2.05) is 30.3 Å². The molecular weight excluding hydrogens is 316 g/mol. The van der Waals surface area contributed by atoms with E-state index in [0.29, 0.717) is 5.56 Å². The van der Waals surface area contributed by atoms with E-state index in [0.717, 1.165) is 49.3 Å². The Morgan fingerprint density at radius 1 is 0.920 bits per heavy atom. The maximum absolute atomic E-state index is 8.85. The zero-order valence-electron chi connectivity index (χ0n) is 13.5.